The Bertz CT molecular complexity index is 429. The molecule has 1 aromatic carbocycles. The Morgan fingerprint density at radius 3 is 2.40 bits per heavy atom. The van der Waals surface area contributed by atoms with Crippen LogP contribution in [0.3, 0.4) is 0 Å². The van der Waals surface area contributed by atoms with Gasteiger partial charge in [-0.05, 0) is 13.3 Å². The Morgan fingerprint density at radius 1 is 1.10 bits per heavy atom. The van der Waals surface area contributed by atoms with Crippen LogP contribution < -0.4 is 10.6 Å². The second-order valence-corrected chi connectivity index (χ2v) is 4.57. The summed E-state index contributed by atoms with van der Waals surface area (Å²) in [5.74, 6) is 0.0321. The Balaban J connectivity index is 2.18. The lowest BCUT2D eigenvalue weighted by Crippen LogP contribution is -2.37. The number of hydrogen-bond donors (Lipinski definition) is 2. The zero-order valence-electron chi connectivity index (χ0n) is 12.1. The summed E-state index contributed by atoms with van der Waals surface area (Å²) in [5, 5.41) is 5.36. The molecule has 0 aliphatic carbocycles. The van der Waals surface area contributed by atoms with Gasteiger partial charge in [-0.15, -0.1) is 0 Å². The smallest absolute Gasteiger partial charge is 0.314 e. The van der Waals surface area contributed by atoms with Crippen LogP contribution in [0, 0.1) is 6.92 Å². The van der Waals surface area contributed by atoms with Gasteiger partial charge in [-0.2, -0.15) is 0 Å². The fraction of sp³-hybridized carbons (Fsp3) is 0.467. The van der Waals surface area contributed by atoms with Crippen molar-refractivity contribution in [2.75, 3.05) is 26.8 Å². The minimum absolute atomic E-state index is 0.0321. The molecule has 0 unspecified atom stereocenters. The van der Waals surface area contributed by atoms with E-state index >= 15 is 0 Å². The number of benzene rings is 1. The quantitative estimate of drug-likeness (QED) is 0.564. The molecule has 0 aliphatic heterocycles. The molecule has 0 aromatic heterocycles. The first-order chi connectivity index (χ1) is 9.63. The zero-order valence-corrected chi connectivity index (χ0v) is 12.1. The summed E-state index contributed by atoms with van der Waals surface area (Å²) in [4.78, 5) is 23.2. The fourth-order valence-corrected chi connectivity index (χ4v) is 1.65. The predicted octanol–water partition coefficient (Wildman–Crippen LogP) is 1.90. The van der Waals surface area contributed by atoms with E-state index in [4.69, 9.17) is 4.74 Å². The van der Waals surface area contributed by atoms with E-state index in [-0.39, 0.29) is 11.8 Å². The molecule has 2 amide bonds. The highest BCUT2D eigenvalue weighted by Crippen LogP contribution is 2.05. The van der Waals surface area contributed by atoms with E-state index in [1.54, 1.807) is 7.11 Å². The van der Waals surface area contributed by atoms with E-state index in [1.165, 1.54) is 0 Å². The predicted molar refractivity (Wildman–Crippen MR) is 78.0 cm³/mol. The third kappa shape index (κ3) is 6.33. The summed E-state index contributed by atoms with van der Waals surface area (Å²) in [6.45, 7) is 3.49. The Labute approximate surface area is 119 Å². The summed E-state index contributed by atoms with van der Waals surface area (Å²) in [7, 11) is 1.62. The zero-order chi connectivity index (χ0) is 14.8. The largest absolute Gasteiger partial charge is 0.385 e. The number of hydrogen-bond acceptors (Lipinski definition) is 3. The Hall–Kier alpha value is -1.88. The fourth-order valence-electron chi connectivity index (χ4n) is 1.65. The maximum Gasteiger partial charge on any atom is 0.314 e. The first-order valence-corrected chi connectivity index (χ1v) is 6.74. The molecule has 0 aliphatic rings. The van der Waals surface area contributed by atoms with Gasteiger partial charge >= 0.3 is 6.03 Å². The van der Waals surface area contributed by atoms with Gasteiger partial charge in [0.05, 0.1) is 0 Å². The van der Waals surface area contributed by atoms with Crippen LogP contribution in [0.5, 0.6) is 0 Å². The average molecular weight is 278 g/mol. The van der Waals surface area contributed by atoms with Crippen LogP contribution in [-0.2, 0) is 4.74 Å². The van der Waals surface area contributed by atoms with E-state index < -0.39 is 0 Å². The minimum atomic E-state index is -0.252. The van der Waals surface area contributed by atoms with Crippen LogP contribution in [0.1, 0.15) is 28.8 Å². The maximum absolute atomic E-state index is 11.8. The van der Waals surface area contributed by atoms with Gasteiger partial charge in [0.2, 0.25) is 0 Å². The minimum Gasteiger partial charge on any atom is -0.385 e. The molecule has 0 radical (unpaired) electrons. The second-order valence-electron chi connectivity index (χ2n) is 4.57. The molecule has 0 atom stereocenters. The van der Waals surface area contributed by atoms with Gasteiger partial charge in [-0.1, -0.05) is 29.8 Å². The summed E-state index contributed by atoms with van der Waals surface area (Å²) in [6, 6.07) is 7.18. The van der Waals surface area contributed by atoms with Crippen molar-refractivity contribution in [1.29, 1.82) is 0 Å². The molecule has 5 heteroatoms. The summed E-state index contributed by atoms with van der Waals surface area (Å²) < 4.78 is 4.88. The summed E-state index contributed by atoms with van der Waals surface area (Å²) >= 11 is 0. The number of nitrogens with one attached hydrogen (secondary N) is 2. The summed E-state index contributed by atoms with van der Waals surface area (Å²) in [5.41, 5.74) is 1.80. The standard InChI is InChI=1S/C15H22N2O3/c1-12-4-6-13(7-5-12)14(18)8-10-17-15(19)16-9-3-11-20-2/h4-7H,3,8-11H2,1-2H3,(H2,16,17,19). The van der Waals surface area contributed by atoms with Gasteiger partial charge in [-0.25, -0.2) is 4.79 Å². The van der Waals surface area contributed by atoms with E-state index in [2.05, 4.69) is 10.6 Å². The molecule has 5 nitrogen and oxygen atoms in total. The highest BCUT2D eigenvalue weighted by atomic mass is 16.5. The first-order valence-electron chi connectivity index (χ1n) is 6.74. The molecule has 0 spiro atoms. The molecular formula is C15H22N2O3. The highest BCUT2D eigenvalue weighted by Gasteiger charge is 2.06. The molecule has 20 heavy (non-hydrogen) atoms. The van der Waals surface area contributed by atoms with E-state index in [0.29, 0.717) is 31.7 Å². The van der Waals surface area contributed by atoms with E-state index in [1.807, 2.05) is 31.2 Å². The first kappa shape index (κ1) is 16.2. The number of urea groups is 1. The highest BCUT2D eigenvalue weighted by molar-refractivity contribution is 5.96. The van der Waals surface area contributed by atoms with Gasteiger partial charge in [0.1, 0.15) is 0 Å². The second kappa shape index (κ2) is 9.09. The monoisotopic (exact) mass is 278 g/mol. The molecule has 110 valence electrons. The van der Waals surface area contributed by atoms with Crippen LogP contribution in [-0.4, -0.2) is 38.6 Å². The number of ether oxygens (including phenoxy) is 1. The third-order valence-corrected chi connectivity index (χ3v) is 2.82. The topological polar surface area (TPSA) is 67.4 Å². The van der Waals surface area contributed by atoms with Gasteiger partial charge in [0.25, 0.3) is 0 Å². The number of ketones is 1. The van der Waals surface area contributed by atoms with Gasteiger partial charge in [0.15, 0.2) is 5.78 Å². The van der Waals surface area contributed by atoms with Crippen LogP contribution in [0.25, 0.3) is 0 Å². The Morgan fingerprint density at radius 2 is 1.75 bits per heavy atom. The molecule has 1 rings (SSSR count). The lowest BCUT2D eigenvalue weighted by Gasteiger charge is -2.07. The molecule has 0 heterocycles. The van der Waals surface area contributed by atoms with Crippen molar-refractivity contribution in [2.45, 2.75) is 19.8 Å². The summed E-state index contributed by atoms with van der Waals surface area (Å²) in [6.07, 6.45) is 1.07. The number of rotatable bonds is 8. The molecule has 0 fully saturated rings. The SMILES string of the molecule is COCCCNC(=O)NCCC(=O)c1ccc(C)cc1. The van der Waals surface area contributed by atoms with Gasteiger partial charge in [-0.3, -0.25) is 4.79 Å². The van der Waals surface area contributed by atoms with Crippen molar-refractivity contribution in [1.82, 2.24) is 10.6 Å². The van der Waals surface area contributed by atoms with Crippen LogP contribution in [0.15, 0.2) is 24.3 Å². The van der Waals surface area contributed by atoms with Crippen LogP contribution in [0.4, 0.5) is 4.79 Å². The van der Waals surface area contributed by atoms with Gasteiger partial charge < -0.3 is 15.4 Å². The van der Waals surface area contributed by atoms with E-state index in [9.17, 15) is 9.59 Å². The molecular weight excluding hydrogens is 256 g/mol. The number of carbonyl (C=O) groups is 2. The van der Waals surface area contributed by atoms with Crippen molar-refractivity contribution in [3.8, 4) is 0 Å². The van der Waals surface area contributed by atoms with Crippen molar-refractivity contribution in [3.05, 3.63) is 35.4 Å². The molecule has 0 saturated heterocycles. The molecule has 2 N–H and O–H groups in total. The van der Waals surface area contributed by atoms with Gasteiger partial charge in [0, 0.05) is 38.8 Å². The number of amides is 2. The molecule has 0 bridgehead atoms. The van der Waals surface area contributed by atoms with Crippen LogP contribution >= 0.6 is 0 Å². The number of methoxy groups -OCH3 is 1. The number of carbonyl (C=O) groups excluding carboxylic acids is 2. The number of aryl methyl sites for hydroxylation is 1. The van der Waals surface area contributed by atoms with E-state index in [0.717, 1.165) is 12.0 Å². The van der Waals surface area contributed by atoms with Crippen molar-refractivity contribution >= 4 is 11.8 Å². The van der Waals surface area contributed by atoms with Crippen molar-refractivity contribution in [2.24, 2.45) is 0 Å². The molecule has 0 saturated carbocycles. The lowest BCUT2D eigenvalue weighted by molar-refractivity contribution is 0.0983. The normalized spacial score (nSPS) is 10.1. The van der Waals surface area contributed by atoms with Crippen molar-refractivity contribution < 1.29 is 14.3 Å². The van der Waals surface area contributed by atoms with Crippen LogP contribution in [0.2, 0.25) is 0 Å². The average Bonchev–Trinajstić information content (AvgIpc) is 2.44. The maximum atomic E-state index is 11.8. The lowest BCUT2D eigenvalue weighted by atomic mass is 10.1. The number of Topliss-reactive ketones (excluding diaryl/α,β-unsaturated/α-hetero) is 1. The third-order valence-electron chi connectivity index (χ3n) is 2.82. The Kier molecular flexibility index (Phi) is 7.35. The van der Waals surface area contributed by atoms with Crippen molar-refractivity contribution in [3.63, 3.8) is 0 Å². The molecule has 1 aromatic rings.